The predicted octanol–water partition coefficient (Wildman–Crippen LogP) is 1.81. The zero-order chi connectivity index (χ0) is 28.8. The second kappa shape index (κ2) is 12.8. The molecule has 0 bridgehead atoms. The summed E-state index contributed by atoms with van der Waals surface area (Å²) in [6.45, 7) is 6.52. The Morgan fingerprint density at radius 2 is 1.82 bits per heavy atom. The Hall–Kier alpha value is -4.13. The number of likely N-dealkylation sites (N-methyl/N-ethyl adjacent to an activating group) is 2. The smallest absolute Gasteiger partial charge is 0.270 e. The predicted molar refractivity (Wildman–Crippen MR) is 147 cm³/mol. The SMILES string of the molecule is CCNCCN(C(=O)CNCC(=O)N(C)N1Cc2ccc(F)cc2C1)c1ccc(-c2nc(C(N)=O)co2)cc1C. The fourth-order valence-corrected chi connectivity index (χ4v) is 4.56. The zero-order valence-electron chi connectivity index (χ0n) is 22.9. The molecule has 3 amide bonds. The number of anilines is 1. The van der Waals surface area contributed by atoms with Crippen molar-refractivity contribution in [3.05, 3.63) is 70.9 Å². The highest BCUT2D eigenvalue weighted by atomic mass is 19.1. The highest BCUT2D eigenvalue weighted by Gasteiger charge is 2.26. The average Bonchev–Trinajstić information content (AvgIpc) is 3.58. The van der Waals surface area contributed by atoms with E-state index in [0.29, 0.717) is 37.4 Å². The molecule has 4 rings (SSSR count). The first-order valence-corrected chi connectivity index (χ1v) is 13.0. The summed E-state index contributed by atoms with van der Waals surface area (Å²) in [5.41, 5.74) is 9.30. The van der Waals surface area contributed by atoms with Crippen molar-refractivity contribution < 1.29 is 23.2 Å². The lowest BCUT2D eigenvalue weighted by Gasteiger charge is -2.28. The van der Waals surface area contributed by atoms with E-state index >= 15 is 0 Å². The number of hydrogen-bond acceptors (Lipinski definition) is 8. The van der Waals surface area contributed by atoms with Gasteiger partial charge in [-0.05, 0) is 60.5 Å². The zero-order valence-corrected chi connectivity index (χ0v) is 22.9. The van der Waals surface area contributed by atoms with Gasteiger partial charge in [-0.25, -0.2) is 14.4 Å². The highest BCUT2D eigenvalue weighted by molar-refractivity contribution is 5.96. The fraction of sp³-hybridized carbons (Fsp3) is 0.357. The monoisotopic (exact) mass is 551 g/mol. The molecule has 1 aromatic heterocycles. The Kier molecular flexibility index (Phi) is 9.25. The van der Waals surface area contributed by atoms with Gasteiger partial charge in [0.2, 0.25) is 11.8 Å². The van der Waals surface area contributed by atoms with E-state index < -0.39 is 5.91 Å². The molecule has 11 nitrogen and oxygen atoms in total. The number of aromatic nitrogens is 1. The van der Waals surface area contributed by atoms with Crippen LogP contribution in [0, 0.1) is 12.7 Å². The topological polar surface area (TPSA) is 137 Å². The van der Waals surface area contributed by atoms with Crippen LogP contribution in [0.2, 0.25) is 0 Å². The summed E-state index contributed by atoms with van der Waals surface area (Å²) in [6, 6.07) is 10.0. The largest absolute Gasteiger partial charge is 0.444 e. The molecule has 0 saturated carbocycles. The molecule has 40 heavy (non-hydrogen) atoms. The molecule has 0 fully saturated rings. The Morgan fingerprint density at radius 3 is 2.52 bits per heavy atom. The lowest BCUT2D eigenvalue weighted by molar-refractivity contribution is -0.145. The summed E-state index contributed by atoms with van der Waals surface area (Å²) in [4.78, 5) is 43.2. The molecule has 0 radical (unpaired) electrons. The van der Waals surface area contributed by atoms with Gasteiger partial charge in [0.05, 0.1) is 13.1 Å². The first-order chi connectivity index (χ1) is 19.2. The van der Waals surface area contributed by atoms with Crippen LogP contribution < -0.4 is 21.3 Å². The van der Waals surface area contributed by atoms with Crippen molar-refractivity contribution in [2.75, 3.05) is 44.7 Å². The molecular weight excluding hydrogens is 517 g/mol. The number of amides is 3. The van der Waals surface area contributed by atoms with E-state index in [2.05, 4.69) is 15.6 Å². The summed E-state index contributed by atoms with van der Waals surface area (Å²) in [6.07, 6.45) is 1.21. The third-order valence-electron chi connectivity index (χ3n) is 6.77. The molecule has 0 atom stereocenters. The van der Waals surface area contributed by atoms with Crippen LogP contribution in [0.5, 0.6) is 0 Å². The maximum atomic E-state index is 13.6. The number of hydrogen-bond donors (Lipinski definition) is 3. The van der Waals surface area contributed by atoms with Crippen LogP contribution >= 0.6 is 0 Å². The second-order valence-electron chi connectivity index (χ2n) is 9.56. The van der Waals surface area contributed by atoms with Crippen molar-refractivity contribution in [1.29, 1.82) is 0 Å². The molecule has 2 aromatic carbocycles. The number of oxazole rings is 1. The minimum Gasteiger partial charge on any atom is -0.444 e. The van der Waals surface area contributed by atoms with E-state index in [1.807, 2.05) is 24.9 Å². The number of fused-ring (bicyclic) bond motifs is 1. The Bertz CT molecular complexity index is 1390. The van der Waals surface area contributed by atoms with Gasteiger partial charge in [0.15, 0.2) is 5.69 Å². The molecule has 0 unspecified atom stereocenters. The Balaban J connectivity index is 1.37. The second-order valence-corrected chi connectivity index (χ2v) is 9.56. The van der Waals surface area contributed by atoms with E-state index in [0.717, 1.165) is 23.2 Å². The minimum absolute atomic E-state index is 0.0330. The van der Waals surface area contributed by atoms with Gasteiger partial charge in [0.1, 0.15) is 12.1 Å². The van der Waals surface area contributed by atoms with Crippen molar-refractivity contribution in [2.45, 2.75) is 26.9 Å². The van der Waals surface area contributed by atoms with Crippen LogP contribution in [0.25, 0.3) is 11.5 Å². The number of hydrazine groups is 1. The maximum Gasteiger partial charge on any atom is 0.270 e. The number of halogens is 1. The Morgan fingerprint density at radius 1 is 1.07 bits per heavy atom. The third kappa shape index (κ3) is 6.71. The molecule has 0 aliphatic carbocycles. The van der Waals surface area contributed by atoms with Gasteiger partial charge >= 0.3 is 0 Å². The molecule has 212 valence electrons. The average molecular weight is 552 g/mol. The third-order valence-corrected chi connectivity index (χ3v) is 6.77. The van der Waals surface area contributed by atoms with Gasteiger partial charge in [0, 0.05) is 44.5 Å². The summed E-state index contributed by atoms with van der Waals surface area (Å²) in [5, 5.41) is 9.55. The lowest BCUT2D eigenvalue weighted by atomic mass is 10.1. The number of nitrogens with one attached hydrogen (secondary N) is 2. The van der Waals surface area contributed by atoms with Crippen molar-refractivity contribution >= 4 is 23.4 Å². The number of primary amides is 1. The van der Waals surface area contributed by atoms with Gasteiger partial charge in [-0.2, -0.15) is 0 Å². The van der Waals surface area contributed by atoms with E-state index in [1.54, 1.807) is 30.1 Å². The lowest BCUT2D eigenvalue weighted by Crippen LogP contribution is -2.47. The van der Waals surface area contributed by atoms with Crippen LogP contribution in [0.15, 0.2) is 47.1 Å². The number of nitrogens with two attached hydrogens (primary N) is 1. The van der Waals surface area contributed by atoms with Crippen molar-refractivity contribution in [2.24, 2.45) is 5.73 Å². The molecule has 4 N–H and O–H groups in total. The number of carbonyl (C=O) groups excluding carboxylic acids is 3. The molecular formula is C28H34FN7O4. The van der Waals surface area contributed by atoms with Crippen molar-refractivity contribution in [3.8, 4) is 11.5 Å². The van der Waals surface area contributed by atoms with E-state index in [4.69, 9.17) is 10.2 Å². The standard InChI is InChI=1S/C28H34FN7O4/c1-4-31-9-10-36(24-8-6-19(11-18(24)2)28-33-23(17-40-28)27(30)39)26(38)14-32-13-25(37)34(3)35-15-20-5-7-22(29)12-21(20)16-35/h5-8,11-12,17,31-32H,4,9-10,13-16H2,1-3H3,(H2,30,39). The number of aryl methyl sites for hydroxylation is 1. The molecule has 1 aliphatic rings. The summed E-state index contributed by atoms with van der Waals surface area (Å²) in [7, 11) is 1.67. The number of benzene rings is 2. The van der Waals surface area contributed by atoms with E-state index in [9.17, 15) is 18.8 Å². The maximum absolute atomic E-state index is 13.6. The number of nitrogens with zero attached hydrogens (tertiary/aromatic N) is 4. The van der Waals surface area contributed by atoms with Crippen molar-refractivity contribution in [1.82, 2.24) is 25.6 Å². The van der Waals surface area contributed by atoms with E-state index in [-0.39, 0.29) is 42.3 Å². The Labute approximate surface area is 232 Å². The van der Waals surface area contributed by atoms with E-state index in [1.165, 1.54) is 23.4 Å². The van der Waals surface area contributed by atoms with Gasteiger partial charge in [-0.15, -0.1) is 0 Å². The quantitative estimate of drug-likeness (QED) is 0.290. The first-order valence-electron chi connectivity index (χ1n) is 13.0. The normalized spacial score (nSPS) is 12.8. The van der Waals surface area contributed by atoms with Crippen LogP contribution in [0.1, 0.15) is 34.1 Å². The van der Waals surface area contributed by atoms with Gasteiger partial charge in [-0.1, -0.05) is 13.0 Å². The molecule has 0 saturated heterocycles. The molecule has 2 heterocycles. The minimum atomic E-state index is -0.679. The van der Waals surface area contributed by atoms with Crippen LogP contribution in [0.3, 0.4) is 0 Å². The molecule has 12 heteroatoms. The summed E-state index contributed by atoms with van der Waals surface area (Å²) < 4.78 is 18.9. The highest BCUT2D eigenvalue weighted by Crippen LogP contribution is 2.27. The van der Waals surface area contributed by atoms with Crippen LogP contribution in [0.4, 0.5) is 10.1 Å². The van der Waals surface area contributed by atoms with Crippen molar-refractivity contribution in [3.63, 3.8) is 0 Å². The fourth-order valence-electron chi connectivity index (χ4n) is 4.56. The number of carbonyl (C=O) groups is 3. The van der Waals surface area contributed by atoms with Crippen LogP contribution in [-0.2, 0) is 22.7 Å². The molecule has 0 spiro atoms. The van der Waals surface area contributed by atoms with Gasteiger partial charge < -0.3 is 20.4 Å². The summed E-state index contributed by atoms with van der Waals surface area (Å²) in [5.74, 6) is -1.12. The van der Waals surface area contributed by atoms with Crippen LogP contribution in [-0.4, -0.2) is 72.5 Å². The van der Waals surface area contributed by atoms with Gasteiger partial charge in [-0.3, -0.25) is 24.7 Å². The molecule has 1 aliphatic heterocycles. The first kappa shape index (κ1) is 28.9. The van der Waals surface area contributed by atoms with Gasteiger partial charge in [0.25, 0.3) is 11.8 Å². The summed E-state index contributed by atoms with van der Waals surface area (Å²) >= 11 is 0. The molecule has 3 aromatic rings. The number of rotatable bonds is 12.